The van der Waals surface area contributed by atoms with Crippen LogP contribution in [0.15, 0.2) is 25.3 Å². The van der Waals surface area contributed by atoms with Crippen molar-refractivity contribution in [3.63, 3.8) is 0 Å². The molecule has 0 aliphatic carbocycles. The molecule has 0 radical (unpaired) electrons. The van der Waals surface area contributed by atoms with Gasteiger partial charge in [-0.25, -0.2) is 0 Å². The van der Waals surface area contributed by atoms with Crippen LogP contribution in [0.25, 0.3) is 0 Å². The summed E-state index contributed by atoms with van der Waals surface area (Å²) in [6, 6.07) is 0. The molecule has 1 unspecified atom stereocenters. The van der Waals surface area contributed by atoms with Gasteiger partial charge in [0.2, 0.25) is 5.91 Å². The van der Waals surface area contributed by atoms with Gasteiger partial charge in [-0.3, -0.25) is 4.79 Å². The second-order valence-electron chi connectivity index (χ2n) is 3.95. The Hall–Kier alpha value is -1.09. The first-order chi connectivity index (χ1) is 6.99. The number of hydrogen-bond acceptors (Lipinski definition) is 2. The average molecular weight is 210 g/mol. The van der Waals surface area contributed by atoms with Gasteiger partial charge in [0.25, 0.3) is 0 Å². The number of carbonyl (C=O) groups is 1. The zero-order valence-electron chi connectivity index (χ0n) is 9.83. The first kappa shape index (κ1) is 13.9. The Balaban J connectivity index is 4.59. The first-order valence-corrected chi connectivity index (χ1v) is 5.29. The third-order valence-electron chi connectivity index (χ3n) is 2.24. The van der Waals surface area contributed by atoms with Gasteiger partial charge in [-0.1, -0.05) is 25.5 Å². The van der Waals surface area contributed by atoms with Crippen molar-refractivity contribution in [3.05, 3.63) is 25.3 Å². The highest BCUT2D eigenvalue weighted by atomic mass is 16.2. The van der Waals surface area contributed by atoms with Crippen LogP contribution in [0.5, 0.6) is 0 Å². The number of amides is 1. The maximum Gasteiger partial charge on any atom is 0.242 e. The zero-order chi connectivity index (χ0) is 11.9. The van der Waals surface area contributed by atoms with E-state index in [-0.39, 0.29) is 5.91 Å². The Morgan fingerprint density at radius 3 is 2.20 bits per heavy atom. The van der Waals surface area contributed by atoms with Gasteiger partial charge in [-0.2, -0.15) is 0 Å². The predicted molar refractivity (Wildman–Crippen MR) is 64.5 cm³/mol. The second kappa shape index (κ2) is 6.40. The molecule has 15 heavy (non-hydrogen) atoms. The molecule has 0 rings (SSSR count). The Morgan fingerprint density at radius 2 is 1.87 bits per heavy atom. The van der Waals surface area contributed by atoms with Crippen LogP contribution in [0.2, 0.25) is 0 Å². The molecule has 0 heterocycles. The van der Waals surface area contributed by atoms with Crippen molar-refractivity contribution >= 4 is 5.91 Å². The highest BCUT2D eigenvalue weighted by molar-refractivity contribution is 5.85. The fourth-order valence-electron chi connectivity index (χ4n) is 1.54. The highest BCUT2D eigenvalue weighted by Gasteiger charge is 2.30. The Kier molecular flexibility index (Phi) is 5.94. The van der Waals surface area contributed by atoms with Crippen molar-refractivity contribution in [1.82, 2.24) is 4.90 Å². The lowest BCUT2D eigenvalue weighted by atomic mass is 9.95. The van der Waals surface area contributed by atoms with E-state index in [1.165, 1.54) is 0 Å². The minimum atomic E-state index is -0.777. The van der Waals surface area contributed by atoms with Crippen LogP contribution in [0.1, 0.15) is 26.7 Å². The van der Waals surface area contributed by atoms with Crippen molar-refractivity contribution in [3.8, 4) is 0 Å². The summed E-state index contributed by atoms with van der Waals surface area (Å²) in [5.74, 6) is -0.0378. The molecule has 0 saturated carbocycles. The molecule has 86 valence electrons. The van der Waals surface area contributed by atoms with Crippen molar-refractivity contribution in [1.29, 1.82) is 0 Å². The molecule has 0 bridgehead atoms. The summed E-state index contributed by atoms with van der Waals surface area (Å²) >= 11 is 0. The minimum absolute atomic E-state index is 0.0378. The molecule has 0 saturated heterocycles. The molecular formula is C12H22N2O. The van der Waals surface area contributed by atoms with Crippen LogP contribution in [-0.2, 0) is 4.79 Å². The van der Waals surface area contributed by atoms with E-state index in [1.54, 1.807) is 24.0 Å². The van der Waals surface area contributed by atoms with Gasteiger partial charge in [-0.05, 0) is 13.3 Å². The molecule has 0 aromatic carbocycles. The van der Waals surface area contributed by atoms with Crippen LogP contribution in [0.3, 0.4) is 0 Å². The number of rotatable bonds is 7. The van der Waals surface area contributed by atoms with Gasteiger partial charge in [0.15, 0.2) is 0 Å². The molecule has 0 aromatic rings. The standard InChI is InChI=1S/C12H22N2O/c1-5-8-12(4,13)11(15)14(9-6-2)10-7-3/h6-7H,2-3,5,8-10,13H2,1,4H3. The summed E-state index contributed by atoms with van der Waals surface area (Å²) < 4.78 is 0. The van der Waals surface area contributed by atoms with Crippen molar-refractivity contribution in [2.75, 3.05) is 13.1 Å². The van der Waals surface area contributed by atoms with Crippen LogP contribution < -0.4 is 5.73 Å². The number of carbonyl (C=O) groups excluding carboxylic acids is 1. The van der Waals surface area contributed by atoms with E-state index in [2.05, 4.69) is 13.2 Å². The first-order valence-electron chi connectivity index (χ1n) is 5.29. The van der Waals surface area contributed by atoms with Gasteiger partial charge in [0.1, 0.15) is 0 Å². The van der Waals surface area contributed by atoms with Crippen LogP contribution in [0, 0.1) is 0 Å². The van der Waals surface area contributed by atoms with Crippen molar-refractivity contribution in [2.24, 2.45) is 5.73 Å². The Bertz CT molecular complexity index is 224. The van der Waals surface area contributed by atoms with Crippen LogP contribution in [0.4, 0.5) is 0 Å². The molecule has 1 atom stereocenters. The molecule has 1 amide bonds. The number of nitrogens with two attached hydrogens (primary N) is 1. The third-order valence-corrected chi connectivity index (χ3v) is 2.24. The zero-order valence-corrected chi connectivity index (χ0v) is 9.83. The van der Waals surface area contributed by atoms with Gasteiger partial charge < -0.3 is 10.6 Å². The summed E-state index contributed by atoms with van der Waals surface area (Å²) in [6.07, 6.45) is 4.98. The maximum atomic E-state index is 12.0. The van der Waals surface area contributed by atoms with E-state index in [0.29, 0.717) is 19.5 Å². The van der Waals surface area contributed by atoms with Gasteiger partial charge in [0.05, 0.1) is 5.54 Å². The number of nitrogens with zero attached hydrogens (tertiary/aromatic N) is 1. The normalized spacial score (nSPS) is 14.1. The van der Waals surface area contributed by atoms with Crippen molar-refractivity contribution < 1.29 is 4.79 Å². The van der Waals surface area contributed by atoms with Gasteiger partial charge >= 0.3 is 0 Å². The highest BCUT2D eigenvalue weighted by Crippen LogP contribution is 2.12. The molecule has 3 heteroatoms. The summed E-state index contributed by atoms with van der Waals surface area (Å²) in [7, 11) is 0. The minimum Gasteiger partial charge on any atom is -0.334 e. The molecule has 3 nitrogen and oxygen atoms in total. The second-order valence-corrected chi connectivity index (χ2v) is 3.95. The summed E-state index contributed by atoms with van der Waals surface area (Å²) in [6.45, 7) is 12.1. The molecule has 0 aliphatic heterocycles. The summed E-state index contributed by atoms with van der Waals surface area (Å²) in [4.78, 5) is 13.7. The van der Waals surface area contributed by atoms with Gasteiger partial charge in [0, 0.05) is 13.1 Å². The van der Waals surface area contributed by atoms with Crippen LogP contribution >= 0.6 is 0 Å². The molecule has 0 aromatic heterocycles. The van der Waals surface area contributed by atoms with E-state index in [9.17, 15) is 4.79 Å². The largest absolute Gasteiger partial charge is 0.334 e. The average Bonchev–Trinajstić information content (AvgIpc) is 2.16. The lowest BCUT2D eigenvalue weighted by Gasteiger charge is -2.30. The fourth-order valence-corrected chi connectivity index (χ4v) is 1.54. The molecular weight excluding hydrogens is 188 g/mol. The smallest absolute Gasteiger partial charge is 0.242 e. The molecule has 0 fully saturated rings. The van der Waals surface area contributed by atoms with E-state index in [0.717, 1.165) is 6.42 Å². The molecule has 2 N–H and O–H groups in total. The lowest BCUT2D eigenvalue weighted by Crippen LogP contribution is -2.53. The summed E-state index contributed by atoms with van der Waals surface area (Å²) in [5, 5.41) is 0. The predicted octanol–water partition coefficient (Wildman–Crippen LogP) is 1.70. The van der Waals surface area contributed by atoms with Gasteiger partial charge in [-0.15, -0.1) is 13.2 Å². The van der Waals surface area contributed by atoms with E-state index >= 15 is 0 Å². The molecule has 0 aliphatic rings. The Morgan fingerprint density at radius 1 is 1.40 bits per heavy atom. The monoisotopic (exact) mass is 210 g/mol. The van der Waals surface area contributed by atoms with Crippen LogP contribution in [-0.4, -0.2) is 29.4 Å². The fraction of sp³-hybridized carbons (Fsp3) is 0.583. The molecule has 0 spiro atoms. The lowest BCUT2D eigenvalue weighted by molar-refractivity contribution is -0.135. The van der Waals surface area contributed by atoms with E-state index in [4.69, 9.17) is 5.73 Å². The topological polar surface area (TPSA) is 46.3 Å². The van der Waals surface area contributed by atoms with E-state index in [1.807, 2.05) is 6.92 Å². The third kappa shape index (κ3) is 4.30. The SMILES string of the molecule is C=CCN(CC=C)C(=O)C(C)(N)CCC. The summed E-state index contributed by atoms with van der Waals surface area (Å²) in [5.41, 5.74) is 5.20. The number of hydrogen-bond donors (Lipinski definition) is 1. The van der Waals surface area contributed by atoms with Crippen molar-refractivity contribution in [2.45, 2.75) is 32.2 Å². The van der Waals surface area contributed by atoms with E-state index < -0.39 is 5.54 Å². The maximum absolute atomic E-state index is 12.0. The quantitative estimate of drug-likeness (QED) is 0.650. The Labute approximate surface area is 92.6 Å².